The highest BCUT2D eigenvalue weighted by Gasteiger charge is 2.09. The molecule has 6 heteroatoms. The molecule has 1 N–H and O–H groups in total. The van der Waals surface area contributed by atoms with Gasteiger partial charge in [0.25, 0.3) is 5.56 Å². The first-order valence-electron chi connectivity index (χ1n) is 4.66. The lowest BCUT2D eigenvalue weighted by Gasteiger charge is -2.07. The Hall–Kier alpha value is -1.62. The number of Topliss-reactive ketones (excluding diaryl/α,β-unsaturated/α-hetero) is 1. The zero-order valence-electron chi connectivity index (χ0n) is 8.86. The maximum atomic E-state index is 11.6. The van der Waals surface area contributed by atoms with Gasteiger partial charge in [-0.1, -0.05) is 17.7 Å². The van der Waals surface area contributed by atoms with Crippen molar-refractivity contribution in [3.8, 4) is 0 Å². The fraction of sp³-hybridized carbons (Fsp3) is 0.300. The fourth-order valence-electron chi connectivity index (χ4n) is 1.09. The van der Waals surface area contributed by atoms with E-state index in [1.165, 1.54) is 13.1 Å². The first kappa shape index (κ1) is 12.4. The van der Waals surface area contributed by atoms with Gasteiger partial charge in [-0.05, 0) is 6.92 Å². The van der Waals surface area contributed by atoms with Crippen LogP contribution in [0.25, 0.3) is 0 Å². The van der Waals surface area contributed by atoms with Crippen LogP contribution in [0, 0.1) is 0 Å². The quantitative estimate of drug-likeness (QED) is 0.784. The minimum Gasteiger partial charge on any atom is -0.379 e. The number of hydrogen-bond donors (Lipinski definition) is 1. The number of anilines is 1. The van der Waals surface area contributed by atoms with Crippen molar-refractivity contribution in [3.63, 3.8) is 0 Å². The molecule has 0 spiro atoms. The van der Waals surface area contributed by atoms with E-state index in [4.69, 9.17) is 11.6 Å². The molecule has 0 aliphatic carbocycles. The first-order valence-corrected chi connectivity index (χ1v) is 5.04. The lowest BCUT2D eigenvalue weighted by atomic mass is 10.4. The van der Waals surface area contributed by atoms with Gasteiger partial charge in [0.05, 0.1) is 11.9 Å². The van der Waals surface area contributed by atoms with Crippen LogP contribution in [0.2, 0.25) is 5.02 Å². The normalized spacial score (nSPS) is 9.88. The number of carbonyl (C=O) groups is 1. The summed E-state index contributed by atoms with van der Waals surface area (Å²) in [4.78, 5) is 22.5. The molecule has 0 bridgehead atoms. The van der Waals surface area contributed by atoms with Crippen LogP contribution in [0.1, 0.15) is 6.92 Å². The second-order valence-electron chi connectivity index (χ2n) is 3.21. The van der Waals surface area contributed by atoms with Crippen LogP contribution in [0.3, 0.4) is 0 Å². The van der Waals surface area contributed by atoms with Gasteiger partial charge >= 0.3 is 0 Å². The molecule has 0 saturated heterocycles. The Morgan fingerprint density at radius 3 is 3.00 bits per heavy atom. The number of hydrogen-bond acceptors (Lipinski definition) is 4. The number of rotatable bonds is 5. The van der Waals surface area contributed by atoms with Crippen LogP contribution in [-0.4, -0.2) is 22.1 Å². The van der Waals surface area contributed by atoms with Crippen molar-refractivity contribution in [2.45, 2.75) is 13.5 Å². The molecule has 0 atom stereocenters. The van der Waals surface area contributed by atoms with E-state index in [9.17, 15) is 9.59 Å². The number of ketones is 1. The van der Waals surface area contributed by atoms with Crippen molar-refractivity contribution in [3.05, 3.63) is 34.2 Å². The lowest BCUT2D eigenvalue weighted by molar-refractivity contribution is -0.117. The van der Waals surface area contributed by atoms with E-state index in [-0.39, 0.29) is 17.4 Å². The highest BCUT2D eigenvalue weighted by atomic mass is 35.5. The first-order chi connectivity index (χ1) is 7.56. The minimum absolute atomic E-state index is 0.0260. The van der Waals surface area contributed by atoms with Crippen LogP contribution in [0.5, 0.6) is 0 Å². The summed E-state index contributed by atoms with van der Waals surface area (Å²) >= 11 is 5.84. The van der Waals surface area contributed by atoms with E-state index in [1.807, 2.05) is 0 Å². The molecule has 86 valence electrons. The summed E-state index contributed by atoms with van der Waals surface area (Å²) < 4.78 is 1.03. The molecule has 0 radical (unpaired) electrons. The van der Waals surface area contributed by atoms with E-state index in [2.05, 4.69) is 17.0 Å². The molecular weight excluding hydrogens is 230 g/mol. The summed E-state index contributed by atoms with van der Waals surface area (Å²) in [6, 6.07) is 0. The summed E-state index contributed by atoms with van der Waals surface area (Å²) in [5, 5.41) is 6.73. The molecule has 1 aromatic heterocycles. The zero-order valence-corrected chi connectivity index (χ0v) is 9.62. The third-order valence-corrected chi connectivity index (χ3v) is 2.16. The van der Waals surface area contributed by atoms with Crippen LogP contribution >= 0.6 is 11.6 Å². The number of nitrogens with one attached hydrogen (secondary N) is 1. The van der Waals surface area contributed by atoms with Gasteiger partial charge in [-0.3, -0.25) is 9.59 Å². The van der Waals surface area contributed by atoms with Gasteiger partial charge in [0.2, 0.25) is 0 Å². The second-order valence-corrected chi connectivity index (χ2v) is 3.58. The Morgan fingerprint density at radius 1 is 1.75 bits per heavy atom. The summed E-state index contributed by atoms with van der Waals surface area (Å²) in [6.07, 6.45) is 3.05. The van der Waals surface area contributed by atoms with Crippen LogP contribution in [-0.2, 0) is 11.3 Å². The molecule has 5 nitrogen and oxygen atoms in total. The van der Waals surface area contributed by atoms with Crippen molar-refractivity contribution in [1.82, 2.24) is 9.78 Å². The predicted molar refractivity (Wildman–Crippen MR) is 62.9 cm³/mol. The largest absolute Gasteiger partial charge is 0.379 e. The molecule has 0 unspecified atom stereocenters. The van der Waals surface area contributed by atoms with Gasteiger partial charge in [0, 0.05) is 6.54 Å². The van der Waals surface area contributed by atoms with E-state index in [1.54, 1.807) is 6.08 Å². The molecule has 0 fully saturated rings. The second kappa shape index (κ2) is 5.46. The van der Waals surface area contributed by atoms with Gasteiger partial charge in [0.15, 0.2) is 5.78 Å². The van der Waals surface area contributed by atoms with Gasteiger partial charge in [-0.15, -0.1) is 6.58 Å². The van der Waals surface area contributed by atoms with Gasteiger partial charge in [-0.2, -0.15) is 5.10 Å². The monoisotopic (exact) mass is 241 g/mol. The third kappa shape index (κ3) is 2.93. The Morgan fingerprint density at radius 2 is 2.44 bits per heavy atom. The molecule has 0 aliphatic rings. The van der Waals surface area contributed by atoms with Gasteiger partial charge < -0.3 is 5.32 Å². The Kier molecular flexibility index (Phi) is 4.25. The summed E-state index contributed by atoms with van der Waals surface area (Å²) in [7, 11) is 0. The Bertz CT molecular complexity index is 468. The zero-order chi connectivity index (χ0) is 12.1. The maximum absolute atomic E-state index is 11.6. The van der Waals surface area contributed by atoms with E-state index >= 15 is 0 Å². The molecule has 1 heterocycles. The van der Waals surface area contributed by atoms with Crippen molar-refractivity contribution in [2.75, 3.05) is 11.9 Å². The molecule has 1 rings (SSSR count). The Labute approximate surface area is 97.7 Å². The molecule has 0 amide bonds. The number of nitrogens with zero attached hydrogens (tertiary/aromatic N) is 2. The molecule has 1 aromatic rings. The maximum Gasteiger partial charge on any atom is 0.288 e. The number of aromatic nitrogens is 2. The SMILES string of the molecule is C=CCNc1cnn(CC(C)=O)c(=O)c1Cl. The molecular formula is C10H12ClN3O2. The van der Waals surface area contributed by atoms with Crippen molar-refractivity contribution >= 4 is 23.1 Å². The van der Waals surface area contributed by atoms with Crippen LogP contribution in [0.15, 0.2) is 23.6 Å². The van der Waals surface area contributed by atoms with Crippen molar-refractivity contribution in [1.29, 1.82) is 0 Å². The molecule has 16 heavy (non-hydrogen) atoms. The van der Waals surface area contributed by atoms with Crippen LogP contribution in [0.4, 0.5) is 5.69 Å². The van der Waals surface area contributed by atoms with Crippen molar-refractivity contribution < 1.29 is 4.79 Å². The topological polar surface area (TPSA) is 64.0 Å². The van der Waals surface area contributed by atoms with Crippen molar-refractivity contribution in [2.24, 2.45) is 0 Å². The average Bonchev–Trinajstić information content (AvgIpc) is 2.23. The van der Waals surface area contributed by atoms with E-state index < -0.39 is 5.56 Å². The van der Waals surface area contributed by atoms with Gasteiger partial charge in [0.1, 0.15) is 11.6 Å². The number of halogens is 1. The number of carbonyl (C=O) groups excluding carboxylic acids is 1. The molecule has 0 saturated carbocycles. The third-order valence-electron chi connectivity index (χ3n) is 1.79. The van der Waals surface area contributed by atoms with E-state index in [0.29, 0.717) is 12.2 Å². The lowest BCUT2D eigenvalue weighted by Crippen LogP contribution is -2.26. The summed E-state index contributed by atoms with van der Waals surface area (Å²) in [5.41, 5.74) is -0.0442. The summed E-state index contributed by atoms with van der Waals surface area (Å²) in [5.74, 6) is -0.155. The smallest absolute Gasteiger partial charge is 0.288 e. The highest BCUT2D eigenvalue weighted by Crippen LogP contribution is 2.14. The average molecular weight is 242 g/mol. The molecule has 0 aliphatic heterocycles. The highest BCUT2D eigenvalue weighted by molar-refractivity contribution is 6.32. The standard InChI is InChI=1S/C10H12ClN3O2/c1-3-4-12-8-5-13-14(6-7(2)15)10(16)9(8)11/h3,5,12H,1,4,6H2,2H3. The predicted octanol–water partition coefficient (Wildman–Crippen LogP) is 1.08. The van der Waals surface area contributed by atoms with Crippen LogP contribution < -0.4 is 10.9 Å². The van der Waals surface area contributed by atoms with E-state index in [0.717, 1.165) is 4.68 Å². The minimum atomic E-state index is -0.481. The molecule has 0 aromatic carbocycles. The summed E-state index contributed by atoms with van der Waals surface area (Å²) in [6.45, 7) is 5.33. The Balaban J connectivity index is 3.03. The van der Waals surface area contributed by atoms with Gasteiger partial charge in [-0.25, -0.2) is 4.68 Å². The fourth-order valence-corrected chi connectivity index (χ4v) is 1.31.